The van der Waals surface area contributed by atoms with Gasteiger partial charge in [-0.25, -0.2) is 8.78 Å². The summed E-state index contributed by atoms with van der Waals surface area (Å²) in [4.78, 5) is 0. The molecule has 1 unspecified atom stereocenters. The van der Waals surface area contributed by atoms with Gasteiger partial charge in [0.1, 0.15) is 5.75 Å². The van der Waals surface area contributed by atoms with Gasteiger partial charge in [0.25, 0.3) is 6.43 Å². The molecule has 0 radical (unpaired) electrons. The van der Waals surface area contributed by atoms with Crippen LogP contribution in [-0.2, 0) is 0 Å². The Bertz CT molecular complexity index is 320. The third-order valence-corrected chi connectivity index (χ3v) is 2.13. The Labute approximate surface area is 85.6 Å². The maximum atomic E-state index is 12.3. The van der Waals surface area contributed by atoms with Crippen LogP contribution >= 0.6 is 11.6 Å². The van der Waals surface area contributed by atoms with Crippen molar-refractivity contribution in [2.75, 3.05) is 7.11 Å². The Morgan fingerprint density at radius 3 is 2.57 bits per heavy atom. The maximum absolute atomic E-state index is 12.3. The van der Waals surface area contributed by atoms with Gasteiger partial charge in [-0.1, -0.05) is 23.7 Å². The summed E-state index contributed by atoms with van der Waals surface area (Å²) >= 11 is 5.75. The fraction of sp³-hybridized carbons (Fsp3) is 0.333. The molecular weight excluding hydrogens is 212 g/mol. The zero-order chi connectivity index (χ0) is 10.7. The van der Waals surface area contributed by atoms with Crippen LogP contribution in [0.4, 0.5) is 8.78 Å². The second kappa shape index (κ2) is 4.57. The van der Waals surface area contributed by atoms with Crippen molar-refractivity contribution < 1.29 is 13.5 Å². The van der Waals surface area contributed by atoms with Crippen LogP contribution in [0.1, 0.15) is 11.6 Å². The highest BCUT2D eigenvalue weighted by Gasteiger charge is 2.22. The third kappa shape index (κ3) is 2.13. The highest BCUT2D eigenvalue weighted by atomic mass is 35.5. The number of para-hydroxylation sites is 1. The molecule has 0 aliphatic carbocycles. The fourth-order valence-electron chi connectivity index (χ4n) is 1.14. The van der Waals surface area contributed by atoms with E-state index < -0.39 is 12.5 Å². The molecule has 0 spiro atoms. The van der Waals surface area contributed by atoms with Crippen LogP contribution in [0.15, 0.2) is 18.2 Å². The van der Waals surface area contributed by atoms with E-state index in [0.717, 1.165) is 0 Å². The molecule has 0 aliphatic rings. The Morgan fingerprint density at radius 1 is 1.43 bits per heavy atom. The summed E-state index contributed by atoms with van der Waals surface area (Å²) in [7, 11) is 1.36. The first kappa shape index (κ1) is 11.2. The molecule has 0 saturated carbocycles. The lowest BCUT2D eigenvalue weighted by Crippen LogP contribution is -2.19. The van der Waals surface area contributed by atoms with E-state index in [1.54, 1.807) is 12.1 Å². The topological polar surface area (TPSA) is 35.2 Å². The first-order valence-corrected chi connectivity index (χ1v) is 4.32. The molecule has 0 amide bonds. The van der Waals surface area contributed by atoms with E-state index in [9.17, 15) is 8.78 Å². The zero-order valence-corrected chi connectivity index (χ0v) is 8.26. The molecule has 1 atom stereocenters. The van der Waals surface area contributed by atoms with E-state index >= 15 is 0 Å². The minimum absolute atomic E-state index is 0.210. The van der Waals surface area contributed by atoms with Crippen LogP contribution < -0.4 is 10.5 Å². The predicted octanol–water partition coefficient (Wildman–Crippen LogP) is 2.61. The molecule has 1 rings (SSSR count). The van der Waals surface area contributed by atoms with Crippen molar-refractivity contribution in [3.63, 3.8) is 0 Å². The predicted molar refractivity (Wildman–Crippen MR) is 50.9 cm³/mol. The molecule has 2 nitrogen and oxygen atoms in total. The Morgan fingerprint density at radius 2 is 2.07 bits per heavy atom. The van der Waals surface area contributed by atoms with Gasteiger partial charge in [0, 0.05) is 5.56 Å². The average molecular weight is 222 g/mol. The van der Waals surface area contributed by atoms with Crippen LogP contribution in [0.25, 0.3) is 0 Å². The van der Waals surface area contributed by atoms with Crippen molar-refractivity contribution in [1.29, 1.82) is 0 Å². The van der Waals surface area contributed by atoms with Crippen molar-refractivity contribution in [2.24, 2.45) is 5.73 Å². The lowest BCUT2D eigenvalue weighted by molar-refractivity contribution is 0.115. The molecule has 0 heterocycles. The molecule has 1 aromatic rings. The summed E-state index contributed by atoms with van der Waals surface area (Å²) < 4.78 is 29.6. The Balaban J connectivity index is 3.13. The third-order valence-electron chi connectivity index (χ3n) is 1.83. The van der Waals surface area contributed by atoms with E-state index in [2.05, 4.69) is 0 Å². The molecule has 78 valence electrons. The lowest BCUT2D eigenvalue weighted by atomic mass is 10.1. The normalized spacial score (nSPS) is 13.0. The molecular formula is C9H10ClF2NO. The standard InChI is InChI=1S/C9H10ClF2NO/c1-14-8-5(7(13)9(11)12)3-2-4-6(8)10/h2-4,7,9H,13H2,1H3. The number of hydrogen-bond acceptors (Lipinski definition) is 2. The second-order valence-electron chi connectivity index (χ2n) is 2.72. The number of rotatable bonds is 3. The molecule has 5 heteroatoms. The number of alkyl halides is 2. The summed E-state index contributed by atoms with van der Waals surface area (Å²) in [6, 6.07) is 3.22. The number of halogens is 3. The van der Waals surface area contributed by atoms with E-state index in [1.165, 1.54) is 13.2 Å². The van der Waals surface area contributed by atoms with Crippen LogP contribution in [0.5, 0.6) is 5.75 Å². The van der Waals surface area contributed by atoms with Gasteiger partial charge in [-0.3, -0.25) is 0 Å². The van der Waals surface area contributed by atoms with E-state index in [0.29, 0.717) is 0 Å². The summed E-state index contributed by atoms with van der Waals surface area (Å²) in [5.41, 5.74) is 5.51. The number of ether oxygens (including phenoxy) is 1. The fourth-order valence-corrected chi connectivity index (χ4v) is 1.40. The van der Waals surface area contributed by atoms with Gasteiger partial charge < -0.3 is 10.5 Å². The molecule has 2 N–H and O–H groups in total. The molecule has 0 bridgehead atoms. The van der Waals surface area contributed by atoms with Crippen molar-refractivity contribution in [3.8, 4) is 5.75 Å². The highest BCUT2D eigenvalue weighted by molar-refractivity contribution is 6.32. The van der Waals surface area contributed by atoms with Crippen molar-refractivity contribution in [1.82, 2.24) is 0 Å². The number of nitrogens with two attached hydrogens (primary N) is 1. The molecule has 0 fully saturated rings. The first-order chi connectivity index (χ1) is 6.57. The minimum atomic E-state index is -2.64. The molecule has 0 saturated heterocycles. The highest BCUT2D eigenvalue weighted by Crippen LogP contribution is 2.33. The Kier molecular flexibility index (Phi) is 3.66. The first-order valence-electron chi connectivity index (χ1n) is 3.94. The zero-order valence-electron chi connectivity index (χ0n) is 7.51. The second-order valence-corrected chi connectivity index (χ2v) is 3.13. The van der Waals surface area contributed by atoms with Crippen LogP contribution in [0.2, 0.25) is 5.02 Å². The number of hydrogen-bond donors (Lipinski definition) is 1. The maximum Gasteiger partial charge on any atom is 0.257 e. The van der Waals surface area contributed by atoms with Gasteiger partial charge in [-0.05, 0) is 6.07 Å². The monoisotopic (exact) mass is 221 g/mol. The van der Waals surface area contributed by atoms with Gasteiger partial charge in [-0.2, -0.15) is 0 Å². The van der Waals surface area contributed by atoms with Crippen molar-refractivity contribution in [3.05, 3.63) is 28.8 Å². The van der Waals surface area contributed by atoms with E-state index in [1.807, 2.05) is 0 Å². The van der Waals surface area contributed by atoms with E-state index in [4.69, 9.17) is 22.1 Å². The SMILES string of the molecule is COc1c(Cl)cccc1C(N)C(F)F. The molecule has 0 aliphatic heterocycles. The average Bonchev–Trinajstić information content (AvgIpc) is 2.16. The molecule has 0 aromatic heterocycles. The van der Waals surface area contributed by atoms with Crippen molar-refractivity contribution in [2.45, 2.75) is 12.5 Å². The lowest BCUT2D eigenvalue weighted by Gasteiger charge is -2.15. The smallest absolute Gasteiger partial charge is 0.257 e. The minimum Gasteiger partial charge on any atom is -0.495 e. The van der Waals surface area contributed by atoms with Gasteiger partial charge in [0.15, 0.2) is 0 Å². The van der Waals surface area contributed by atoms with Gasteiger partial charge in [0.2, 0.25) is 0 Å². The molecule has 1 aromatic carbocycles. The summed E-state index contributed by atoms with van der Waals surface area (Å²) in [5.74, 6) is 0.210. The number of benzene rings is 1. The Hall–Kier alpha value is -0.870. The van der Waals surface area contributed by atoms with Gasteiger partial charge >= 0.3 is 0 Å². The van der Waals surface area contributed by atoms with Crippen LogP contribution in [-0.4, -0.2) is 13.5 Å². The molecule has 14 heavy (non-hydrogen) atoms. The van der Waals surface area contributed by atoms with Gasteiger partial charge in [-0.15, -0.1) is 0 Å². The van der Waals surface area contributed by atoms with Gasteiger partial charge in [0.05, 0.1) is 18.2 Å². The van der Waals surface area contributed by atoms with Crippen LogP contribution in [0, 0.1) is 0 Å². The summed E-state index contributed by atoms with van der Waals surface area (Å²) in [5, 5.41) is 0.279. The van der Waals surface area contributed by atoms with Crippen LogP contribution in [0.3, 0.4) is 0 Å². The van der Waals surface area contributed by atoms with Crippen molar-refractivity contribution >= 4 is 11.6 Å². The van der Waals surface area contributed by atoms with E-state index in [-0.39, 0.29) is 16.3 Å². The largest absolute Gasteiger partial charge is 0.495 e. The number of methoxy groups -OCH3 is 1. The summed E-state index contributed by atoms with van der Waals surface area (Å²) in [6.07, 6.45) is -2.64. The quantitative estimate of drug-likeness (QED) is 0.852. The summed E-state index contributed by atoms with van der Waals surface area (Å²) in [6.45, 7) is 0.